The van der Waals surface area contributed by atoms with E-state index >= 15 is 0 Å². The average molecular weight is 340 g/mol. The Balaban J connectivity index is 1.82. The van der Waals surface area contributed by atoms with Crippen LogP contribution in [0.4, 0.5) is 11.5 Å². The molecule has 6 nitrogen and oxygen atoms in total. The molecule has 1 aliphatic heterocycles. The van der Waals surface area contributed by atoms with E-state index in [1.54, 1.807) is 9.58 Å². The number of hydrogen-bond acceptors (Lipinski definition) is 3. The molecule has 0 unspecified atom stereocenters. The molecule has 3 rings (SSSR count). The maximum atomic E-state index is 12.6. The van der Waals surface area contributed by atoms with Crippen molar-refractivity contribution in [1.82, 2.24) is 9.78 Å². The second kappa shape index (κ2) is 6.35. The molecule has 0 aliphatic carbocycles. The number of anilines is 2. The van der Waals surface area contributed by atoms with Gasteiger partial charge in [-0.2, -0.15) is 5.10 Å². The fraction of sp³-hybridized carbons (Fsp3) is 0.421. The first-order chi connectivity index (χ1) is 11.8. The third-order valence-corrected chi connectivity index (χ3v) is 4.59. The summed E-state index contributed by atoms with van der Waals surface area (Å²) in [6, 6.07) is 9.63. The van der Waals surface area contributed by atoms with E-state index in [4.69, 9.17) is 0 Å². The van der Waals surface area contributed by atoms with Crippen molar-refractivity contribution in [3.8, 4) is 0 Å². The van der Waals surface area contributed by atoms with Crippen LogP contribution in [0.5, 0.6) is 0 Å². The Hall–Kier alpha value is -2.63. The Morgan fingerprint density at radius 2 is 2.04 bits per heavy atom. The Morgan fingerprint density at radius 1 is 1.32 bits per heavy atom. The lowest BCUT2D eigenvalue weighted by Gasteiger charge is -2.38. The number of nitrogens with zero attached hydrogens (tertiary/aromatic N) is 3. The highest BCUT2D eigenvalue weighted by atomic mass is 16.2. The SMILES string of the molecule is CCn1nc(C)cc1NC(=O)CN1C(=O)CC(C)(C)c2ccccc21. The first-order valence-electron chi connectivity index (χ1n) is 8.56. The molecule has 0 spiro atoms. The van der Waals surface area contributed by atoms with E-state index in [2.05, 4.69) is 24.3 Å². The Labute approximate surface area is 147 Å². The van der Waals surface area contributed by atoms with Gasteiger partial charge in [-0.1, -0.05) is 32.0 Å². The molecular weight excluding hydrogens is 316 g/mol. The lowest BCUT2D eigenvalue weighted by Crippen LogP contribution is -2.45. The predicted octanol–water partition coefficient (Wildman–Crippen LogP) is 2.86. The summed E-state index contributed by atoms with van der Waals surface area (Å²) >= 11 is 0. The van der Waals surface area contributed by atoms with Crippen LogP contribution in [0.15, 0.2) is 30.3 Å². The van der Waals surface area contributed by atoms with Crippen molar-refractivity contribution in [2.24, 2.45) is 0 Å². The van der Waals surface area contributed by atoms with Gasteiger partial charge in [-0.05, 0) is 25.5 Å². The van der Waals surface area contributed by atoms with E-state index in [1.165, 1.54) is 0 Å². The highest BCUT2D eigenvalue weighted by molar-refractivity contribution is 6.04. The molecule has 2 aromatic rings. The van der Waals surface area contributed by atoms with Crippen LogP contribution in [-0.2, 0) is 21.5 Å². The van der Waals surface area contributed by atoms with Crippen LogP contribution in [0.1, 0.15) is 38.4 Å². The molecule has 1 N–H and O–H groups in total. The average Bonchev–Trinajstić information content (AvgIpc) is 2.90. The van der Waals surface area contributed by atoms with Crippen molar-refractivity contribution >= 4 is 23.3 Å². The summed E-state index contributed by atoms with van der Waals surface area (Å²) in [5.74, 6) is 0.402. The fourth-order valence-corrected chi connectivity index (χ4v) is 3.37. The second-order valence-electron chi connectivity index (χ2n) is 7.09. The number of aryl methyl sites for hydroxylation is 2. The summed E-state index contributed by atoms with van der Waals surface area (Å²) in [4.78, 5) is 26.7. The molecule has 25 heavy (non-hydrogen) atoms. The molecule has 1 aromatic heterocycles. The van der Waals surface area contributed by atoms with E-state index in [0.29, 0.717) is 18.8 Å². The summed E-state index contributed by atoms with van der Waals surface area (Å²) in [5, 5.41) is 7.19. The van der Waals surface area contributed by atoms with Gasteiger partial charge in [0.15, 0.2) is 0 Å². The number of carbonyl (C=O) groups is 2. The minimum atomic E-state index is -0.225. The summed E-state index contributed by atoms with van der Waals surface area (Å²) in [5.41, 5.74) is 2.53. The molecule has 6 heteroatoms. The molecule has 0 saturated carbocycles. The van der Waals surface area contributed by atoms with Crippen LogP contribution in [0, 0.1) is 6.92 Å². The molecule has 0 radical (unpaired) electrons. The number of aromatic nitrogens is 2. The minimum absolute atomic E-state index is 0.000130. The smallest absolute Gasteiger partial charge is 0.245 e. The van der Waals surface area contributed by atoms with Crippen LogP contribution in [0.3, 0.4) is 0 Å². The number of benzene rings is 1. The van der Waals surface area contributed by atoms with E-state index in [1.807, 2.05) is 44.2 Å². The van der Waals surface area contributed by atoms with E-state index < -0.39 is 0 Å². The van der Waals surface area contributed by atoms with Crippen molar-refractivity contribution in [3.63, 3.8) is 0 Å². The number of nitrogens with one attached hydrogen (secondary N) is 1. The quantitative estimate of drug-likeness (QED) is 0.930. The zero-order chi connectivity index (χ0) is 18.2. The number of carbonyl (C=O) groups excluding carboxylic acids is 2. The summed E-state index contributed by atoms with van der Waals surface area (Å²) in [6.45, 7) is 8.64. The molecule has 2 heterocycles. The first-order valence-corrected chi connectivity index (χ1v) is 8.56. The normalized spacial score (nSPS) is 15.8. The van der Waals surface area contributed by atoms with Gasteiger partial charge >= 0.3 is 0 Å². The molecule has 0 bridgehead atoms. The lowest BCUT2D eigenvalue weighted by molar-refractivity contribution is -0.122. The first kappa shape index (κ1) is 17.2. The van der Waals surface area contributed by atoms with Gasteiger partial charge in [0.1, 0.15) is 12.4 Å². The molecular formula is C19H24N4O2. The molecule has 0 fully saturated rings. The minimum Gasteiger partial charge on any atom is -0.309 e. The largest absolute Gasteiger partial charge is 0.309 e. The zero-order valence-electron chi connectivity index (χ0n) is 15.2. The highest BCUT2D eigenvalue weighted by Gasteiger charge is 2.37. The van der Waals surface area contributed by atoms with Gasteiger partial charge < -0.3 is 10.2 Å². The maximum absolute atomic E-state index is 12.6. The molecule has 1 aromatic carbocycles. The van der Waals surface area contributed by atoms with E-state index in [9.17, 15) is 9.59 Å². The third-order valence-electron chi connectivity index (χ3n) is 4.59. The Kier molecular flexibility index (Phi) is 4.37. The van der Waals surface area contributed by atoms with Gasteiger partial charge in [-0.25, -0.2) is 4.68 Å². The molecule has 0 saturated heterocycles. The van der Waals surface area contributed by atoms with E-state index in [-0.39, 0.29) is 23.8 Å². The lowest BCUT2D eigenvalue weighted by atomic mass is 9.77. The zero-order valence-corrected chi connectivity index (χ0v) is 15.2. The van der Waals surface area contributed by atoms with Gasteiger partial charge in [0.05, 0.1) is 5.69 Å². The number of rotatable bonds is 4. The van der Waals surface area contributed by atoms with Gasteiger partial charge in [-0.3, -0.25) is 9.59 Å². The van der Waals surface area contributed by atoms with Crippen molar-refractivity contribution in [2.45, 2.75) is 46.1 Å². The maximum Gasteiger partial charge on any atom is 0.245 e. The van der Waals surface area contributed by atoms with Gasteiger partial charge in [0.2, 0.25) is 11.8 Å². The molecule has 2 amide bonds. The van der Waals surface area contributed by atoms with Crippen molar-refractivity contribution < 1.29 is 9.59 Å². The van der Waals surface area contributed by atoms with Crippen molar-refractivity contribution in [2.75, 3.05) is 16.8 Å². The number of fused-ring (bicyclic) bond motifs is 1. The third kappa shape index (κ3) is 3.29. The number of amides is 2. The van der Waals surface area contributed by atoms with Crippen LogP contribution in [0.2, 0.25) is 0 Å². The summed E-state index contributed by atoms with van der Waals surface area (Å²) in [6.07, 6.45) is 0.392. The van der Waals surface area contributed by atoms with Crippen LogP contribution in [0.25, 0.3) is 0 Å². The highest BCUT2D eigenvalue weighted by Crippen LogP contribution is 2.39. The second-order valence-corrected chi connectivity index (χ2v) is 7.09. The van der Waals surface area contributed by atoms with Gasteiger partial charge in [-0.15, -0.1) is 0 Å². The standard InChI is InChI=1S/C19H24N4O2/c1-5-23-16(10-13(2)21-23)20-17(24)12-22-15-9-7-6-8-14(15)19(3,4)11-18(22)25/h6-10H,5,11-12H2,1-4H3,(H,20,24). The number of para-hydroxylation sites is 1. The van der Waals surface area contributed by atoms with Gasteiger partial charge in [0, 0.05) is 30.1 Å². The predicted molar refractivity (Wildman–Crippen MR) is 97.7 cm³/mol. The monoisotopic (exact) mass is 340 g/mol. The van der Waals surface area contributed by atoms with Crippen molar-refractivity contribution in [3.05, 3.63) is 41.6 Å². The molecule has 0 atom stereocenters. The molecule has 132 valence electrons. The summed E-state index contributed by atoms with van der Waals surface area (Å²) < 4.78 is 1.74. The van der Waals surface area contributed by atoms with Crippen LogP contribution < -0.4 is 10.2 Å². The van der Waals surface area contributed by atoms with Crippen LogP contribution >= 0.6 is 0 Å². The van der Waals surface area contributed by atoms with E-state index in [0.717, 1.165) is 16.9 Å². The summed E-state index contributed by atoms with van der Waals surface area (Å²) in [7, 11) is 0. The van der Waals surface area contributed by atoms with Gasteiger partial charge in [0.25, 0.3) is 0 Å². The Bertz CT molecular complexity index is 823. The Morgan fingerprint density at radius 3 is 2.76 bits per heavy atom. The molecule has 1 aliphatic rings. The van der Waals surface area contributed by atoms with Crippen LogP contribution in [-0.4, -0.2) is 28.1 Å². The van der Waals surface area contributed by atoms with Crippen molar-refractivity contribution in [1.29, 1.82) is 0 Å². The number of hydrogen-bond donors (Lipinski definition) is 1. The topological polar surface area (TPSA) is 67.2 Å². The fourth-order valence-electron chi connectivity index (χ4n) is 3.37.